The fourth-order valence-corrected chi connectivity index (χ4v) is 3.27. The van der Waals surface area contributed by atoms with Gasteiger partial charge in [-0.1, -0.05) is 42.0 Å². The highest BCUT2D eigenvalue weighted by Gasteiger charge is 2.34. The quantitative estimate of drug-likeness (QED) is 0.793. The molecule has 3 rings (SSSR count). The molecule has 2 aromatic carbocycles. The van der Waals surface area contributed by atoms with Crippen molar-refractivity contribution >= 4 is 29.0 Å². The number of aryl methyl sites for hydroxylation is 1. The zero-order valence-corrected chi connectivity index (χ0v) is 13.8. The van der Waals surface area contributed by atoms with Crippen molar-refractivity contribution in [2.45, 2.75) is 13.5 Å². The Morgan fingerprint density at radius 3 is 2.58 bits per heavy atom. The van der Waals surface area contributed by atoms with Gasteiger partial charge in [-0.3, -0.25) is 14.5 Å². The number of carbonyl (C=O) groups is 2. The maximum Gasteiger partial charge on any atom is 0.293 e. The van der Waals surface area contributed by atoms with Gasteiger partial charge in [0.2, 0.25) is 0 Å². The van der Waals surface area contributed by atoms with Crippen molar-refractivity contribution in [3.63, 3.8) is 0 Å². The van der Waals surface area contributed by atoms with Crippen LogP contribution in [0.2, 0.25) is 0 Å². The summed E-state index contributed by atoms with van der Waals surface area (Å²) in [6, 6.07) is 16.7. The number of amides is 2. The smallest absolute Gasteiger partial charge is 0.268 e. The lowest BCUT2D eigenvalue weighted by Gasteiger charge is -2.12. The molecule has 5 heteroatoms. The molecule has 0 unspecified atom stereocenters. The number of carbonyl (C=O) groups excluding carboxylic acids is 2. The summed E-state index contributed by atoms with van der Waals surface area (Å²) >= 11 is 0.944. The van der Waals surface area contributed by atoms with Crippen LogP contribution in [0, 0.1) is 18.3 Å². The molecule has 1 saturated heterocycles. The molecule has 24 heavy (non-hydrogen) atoms. The van der Waals surface area contributed by atoms with Crippen LogP contribution in [0.3, 0.4) is 0 Å². The fourth-order valence-electron chi connectivity index (χ4n) is 2.43. The van der Waals surface area contributed by atoms with Crippen LogP contribution in [0.25, 0.3) is 6.08 Å². The van der Waals surface area contributed by atoms with Gasteiger partial charge in [0.15, 0.2) is 0 Å². The van der Waals surface area contributed by atoms with Crippen LogP contribution in [0.15, 0.2) is 53.4 Å². The van der Waals surface area contributed by atoms with Gasteiger partial charge in [0.25, 0.3) is 11.1 Å². The van der Waals surface area contributed by atoms with E-state index in [0.29, 0.717) is 10.5 Å². The molecule has 0 spiro atoms. The standard InChI is InChI=1S/C19H14N2O2S/c1-13-3-2-4-16(9-13)12-21-18(22)17(24-19(21)23)10-14-5-7-15(11-20)8-6-14/h2-10H,12H2,1H3/b17-10-. The van der Waals surface area contributed by atoms with Crippen molar-refractivity contribution in [1.29, 1.82) is 5.26 Å². The van der Waals surface area contributed by atoms with Crippen molar-refractivity contribution in [2.75, 3.05) is 0 Å². The Labute approximate surface area is 144 Å². The maximum atomic E-state index is 12.5. The molecule has 0 aliphatic carbocycles. The molecular weight excluding hydrogens is 320 g/mol. The Bertz CT molecular complexity index is 879. The molecule has 1 aliphatic heterocycles. The number of thioether (sulfide) groups is 1. The van der Waals surface area contributed by atoms with Gasteiger partial charge in [-0.25, -0.2) is 0 Å². The zero-order chi connectivity index (χ0) is 17.1. The highest BCUT2D eigenvalue weighted by atomic mass is 32.2. The van der Waals surface area contributed by atoms with Crippen LogP contribution in [-0.4, -0.2) is 16.0 Å². The third-order valence-electron chi connectivity index (χ3n) is 3.63. The summed E-state index contributed by atoms with van der Waals surface area (Å²) in [5, 5.41) is 8.55. The van der Waals surface area contributed by atoms with Crippen molar-refractivity contribution in [3.8, 4) is 6.07 Å². The van der Waals surface area contributed by atoms with E-state index >= 15 is 0 Å². The minimum absolute atomic E-state index is 0.263. The summed E-state index contributed by atoms with van der Waals surface area (Å²) in [4.78, 5) is 26.3. The minimum Gasteiger partial charge on any atom is -0.268 e. The third kappa shape index (κ3) is 3.39. The van der Waals surface area contributed by atoms with E-state index in [9.17, 15) is 9.59 Å². The van der Waals surface area contributed by atoms with E-state index in [4.69, 9.17) is 5.26 Å². The average Bonchev–Trinajstić information content (AvgIpc) is 2.83. The lowest BCUT2D eigenvalue weighted by Crippen LogP contribution is -2.27. The number of hydrogen-bond acceptors (Lipinski definition) is 4. The van der Waals surface area contributed by atoms with Gasteiger partial charge in [-0.05, 0) is 48.0 Å². The van der Waals surface area contributed by atoms with Crippen LogP contribution >= 0.6 is 11.8 Å². The number of rotatable bonds is 3. The second-order valence-corrected chi connectivity index (χ2v) is 6.48. The van der Waals surface area contributed by atoms with Gasteiger partial charge in [-0.15, -0.1) is 0 Å². The summed E-state index contributed by atoms with van der Waals surface area (Å²) in [7, 11) is 0. The molecule has 1 fully saturated rings. The largest absolute Gasteiger partial charge is 0.293 e. The molecule has 4 nitrogen and oxygen atoms in total. The monoisotopic (exact) mass is 334 g/mol. The van der Waals surface area contributed by atoms with Crippen LogP contribution < -0.4 is 0 Å². The van der Waals surface area contributed by atoms with Gasteiger partial charge in [-0.2, -0.15) is 5.26 Å². The van der Waals surface area contributed by atoms with Gasteiger partial charge in [0.1, 0.15) is 0 Å². The molecule has 1 aliphatic rings. The summed E-state index contributed by atoms with van der Waals surface area (Å²) in [5.41, 5.74) is 3.36. The Hall–Kier alpha value is -2.84. The normalized spacial score (nSPS) is 15.8. The number of nitriles is 1. The van der Waals surface area contributed by atoms with Crippen molar-refractivity contribution in [2.24, 2.45) is 0 Å². The summed E-state index contributed by atoms with van der Waals surface area (Å²) in [5.74, 6) is -0.282. The van der Waals surface area contributed by atoms with E-state index < -0.39 is 0 Å². The highest BCUT2D eigenvalue weighted by Crippen LogP contribution is 2.33. The van der Waals surface area contributed by atoms with E-state index in [1.807, 2.05) is 37.3 Å². The predicted molar refractivity (Wildman–Crippen MR) is 93.9 cm³/mol. The predicted octanol–water partition coefficient (Wildman–Crippen LogP) is 4.10. The molecule has 1 heterocycles. The third-order valence-corrected chi connectivity index (χ3v) is 4.54. The first-order valence-corrected chi connectivity index (χ1v) is 8.19. The maximum absolute atomic E-state index is 12.5. The Balaban J connectivity index is 1.80. The van der Waals surface area contributed by atoms with Crippen LogP contribution in [0.4, 0.5) is 4.79 Å². The van der Waals surface area contributed by atoms with E-state index in [-0.39, 0.29) is 17.7 Å². The van der Waals surface area contributed by atoms with Gasteiger partial charge < -0.3 is 0 Å². The lowest BCUT2D eigenvalue weighted by atomic mass is 10.1. The molecule has 0 saturated carbocycles. The SMILES string of the molecule is Cc1cccc(CN2C(=O)S/C(=C\c3ccc(C#N)cc3)C2=O)c1. The van der Waals surface area contributed by atoms with E-state index in [2.05, 4.69) is 0 Å². The van der Waals surface area contributed by atoms with E-state index in [1.54, 1.807) is 30.3 Å². The number of benzene rings is 2. The van der Waals surface area contributed by atoms with Crippen molar-refractivity contribution in [1.82, 2.24) is 4.90 Å². The Morgan fingerprint density at radius 1 is 1.17 bits per heavy atom. The van der Waals surface area contributed by atoms with E-state index in [0.717, 1.165) is 28.5 Å². The number of nitrogens with zero attached hydrogens (tertiary/aromatic N) is 2. The molecular formula is C19H14N2O2S. The summed E-state index contributed by atoms with van der Waals surface area (Å²) in [6.07, 6.45) is 1.68. The second kappa shape index (κ2) is 6.73. The number of imide groups is 1. The molecule has 2 amide bonds. The molecule has 0 bridgehead atoms. The topological polar surface area (TPSA) is 61.2 Å². The second-order valence-electron chi connectivity index (χ2n) is 5.49. The summed E-state index contributed by atoms with van der Waals surface area (Å²) < 4.78 is 0. The first kappa shape index (κ1) is 16.0. The first-order valence-electron chi connectivity index (χ1n) is 7.38. The average molecular weight is 334 g/mol. The lowest BCUT2D eigenvalue weighted by molar-refractivity contribution is -0.123. The molecule has 0 atom stereocenters. The molecule has 0 radical (unpaired) electrons. The molecule has 2 aromatic rings. The van der Waals surface area contributed by atoms with Crippen molar-refractivity contribution in [3.05, 3.63) is 75.7 Å². The zero-order valence-electron chi connectivity index (χ0n) is 13.0. The number of hydrogen-bond donors (Lipinski definition) is 0. The minimum atomic E-state index is -0.282. The molecule has 0 N–H and O–H groups in total. The highest BCUT2D eigenvalue weighted by molar-refractivity contribution is 8.18. The van der Waals surface area contributed by atoms with Gasteiger partial charge in [0, 0.05) is 0 Å². The Morgan fingerprint density at radius 2 is 1.92 bits per heavy atom. The first-order chi connectivity index (χ1) is 11.6. The fraction of sp³-hybridized carbons (Fsp3) is 0.105. The van der Waals surface area contributed by atoms with Crippen LogP contribution in [0.1, 0.15) is 22.3 Å². The summed E-state index contributed by atoms with van der Waals surface area (Å²) in [6.45, 7) is 2.25. The van der Waals surface area contributed by atoms with E-state index in [1.165, 1.54) is 4.90 Å². The van der Waals surface area contributed by atoms with Crippen LogP contribution in [0.5, 0.6) is 0 Å². The molecule has 0 aromatic heterocycles. The van der Waals surface area contributed by atoms with Crippen LogP contribution in [-0.2, 0) is 11.3 Å². The van der Waals surface area contributed by atoms with Crippen molar-refractivity contribution < 1.29 is 9.59 Å². The molecule has 118 valence electrons. The Kier molecular flexibility index (Phi) is 4.50. The van der Waals surface area contributed by atoms with Gasteiger partial charge in [0.05, 0.1) is 23.1 Å². The van der Waals surface area contributed by atoms with Gasteiger partial charge >= 0.3 is 0 Å².